The molecule has 180 valence electrons. The van der Waals surface area contributed by atoms with Gasteiger partial charge < -0.3 is 9.47 Å². The number of nitrogens with zero attached hydrogens (tertiary/aromatic N) is 1. The summed E-state index contributed by atoms with van der Waals surface area (Å²) in [6.45, 7) is 0. The van der Waals surface area contributed by atoms with Crippen molar-refractivity contribution in [1.82, 2.24) is 0 Å². The second-order valence-electron chi connectivity index (χ2n) is 6.93. The van der Waals surface area contributed by atoms with Crippen LogP contribution in [0.4, 0.5) is 22.0 Å². The Kier molecular flexibility index (Phi) is 7.63. The van der Waals surface area contributed by atoms with E-state index in [4.69, 9.17) is 48.8 Å². The lowest BCUT2D eigenvalue weighted by molar-refractivity contribution is -0.138. The van der Waals surface area contributed by atoms with Crippen LogP contribution in [0.25, 0.3) is 0 Å². The molecule has 0 heterocycles. The summed E-state index contributed by atoms with van der Waals surface area (Å²) in [6.07, 6.45) is -5.61. The van der Waals surface area contributed by atoms with E-state index >= 15 is 4.39 Å². The summed E-state index contributed by atoms with van der Waals surface area (Å²) in [5, 5.41) is 24.6. The number of benzene rings is 3. The third-order valence-electron chi connectivity index (χ3n) is 4.47. The maximum Gasteiger partial charge on any atom is 0.417 e. The predicted molar refractivity (Wildman–Crippen MR) is 118 cm³/mol. The molecule has 0 bridgehead atoms. The number of hydrogen-bond acceptors (Lipinski definition) is 5. The lowest BCUT2D eigenvalue weighted by Gasteiger charge is -2.16. The van der Waals surface area contributed by atoms with Gasteiger partial charge >= 0.3 is 6.18 Å². The van der Waals surface area contributed by atoms with E-state index in [-0.39, 0.29) is 26.9 Å². The average molecular weight is 528 g/mol. The molecule has 0 spiro atoms. The molecule has 12 heteroatoms. The van der Waals surface area contributed by atoms with Crippen LogP contribution in [-0.4, -0.2) is 11.8 Å². The van der Waals surface area contributed by atoms with Crippen molar-refractivity contribution in [3.63, 3.8) is 0 Å². The Labute approximate surface area is 205 Å². The quantitative estimate of drug-likeness (QED) is 0.204. The minimum absolute atomic E-state index is 0.000614. The summed E-state index contributed by atoms with van der Waals surface area (Å²) in [7, 11) is 0. The summed E-state index contributed by atoms with van der Waals surface area (Å²) in [4.78, 5) is 0. The van der Waals surface area contributed by atoms with Crippen molar-refractivity contribution in [3.8, 4) is 17.6 Å². The summed E-state index contributed by atoms with van der Waals surface area (Å²) < 4.78 is 78.9. The Bertz CT molecular complexity index is 1370. The van der Waals surface area contributed by atoms with E-state index in [0.717, 1.165) is 6.07 Å². The molecule has 0 amide bonds. The molecule has 0 aliphatic rings. The first-order valence-corrected chi connectivity index (χ1v) is 10.2. The molecular weight excluding hydrogens is 516 g/mol. The van der Waals surface area contributed by atoms with E-state index < -0.39 is 52.9 Å². The molecule has 0 unspecified atom stereocenters. The fourth-order valence-corrected chi connectivity index (χ4v) is 3.39. The largest absolute Gasteiger partial charge is 0.453 e. The SMILES string of the molecule is N#Cc1cc(Cl)cc(Oc2c(Cl)ccc(CC(=N)OC(=N)c3c(F)cccc3C(F)(F)F)c2F)c1. The Morgan fingerprint density at radius 2 is 1.74 bits per heavy atom. The van der Waals surface area contributed by atoms with Crippen LogP contribution in [0.2, 0.25) is 10.0 Å². The van der Waals surface area contributed by atoms with E-state index in [9.17, 15) is 17.6 Å². The van der Waals surface area contributed by atoms with Crippen molar-refractivity contribution in [2.45, 2.75) is 12.6 Å². The Morgan fingerprint density at radius 1 is 1.03 bits per heavy atom. The molecule has 35 heavy (non-hydrogen) atoms. The molecule has 2 N–H and O–H groups in total. The minimum atomic E-state index is -4.98. The van der Waals surface area contributed by atoms with Gasteiger partial charge in [0.2, 0.25) is 5.90 Å². The van der Waals surface area contributed by atoms with Gasteiger partial charge in [0.25, 0.3) is 0 Å². The lowest BCUT2D eigenvalue weighted by Crippen LogP contribution is -2.20. The highest BCUT2D eigenvalue weighted by Crippen LogP contribution is 2.36. The summed E-state index contributed by atoms with van der Waals surface area (Å²) in [6, 6.07) is 10.3. The molecule has 3 rings (SSSR count). The van der Waals surface area contributed by atoms with Crippen LogP contribution in [0.15, 0.2) is 48.5 Å². The third kappa shape index (κ3) is 6.07. The number of ether oxygens (including phenoxy) is 2. The normalized spacial score (nSPS) is 11.0. The van der Waals surface area contributed by atoms with Gasteiger partial charge in [-0.1, -0.05) is 35.3 Å². The number of nitrogens with one attached hydrogen (secondary N) is 2. The molecular formula is C23H12Cl2F5N3O2. The van der Waals surface area contributed by atoms with Gasteiger partial charge in [-0.25, -0.2) is 8.78 Å². The van der Waals surface area contributed by atoms with E-state index in [1.54, 1.807) is 0 Å². The highest BCUT2D eigenvalue weighted by atomic mass is 35.5. The van der Waals surface area contributed by atoms with Crippen LogP contribution in [0, 0.1) is 33.8 Å². The van der Waals surface area contributed by atoms with Gasteiger partial charge in [-0.05, 0) is 36.4 Å². The molecule has 0 fully saturated rings. The molecule has 3 aromatic rings. The fourth-order valence-electron chi connectivity index (χ4n) is 2.98. The van der Waals surface area contributed by atoms with Crippen molar-refractivity contribution >= 4 is 35.0 Å². The standard InChI is InChI=1S/C23H12Cl2F5N3O2/c24-13-6-11(10-31)7-14(9-13)34-21-16(25)5-4-12(20(21)27)8-18(32)35-22(33)19-15(23(28,29)30)2-1-3-17(19)26/h1-7,9,32-33H,8H2. The van der Waals surface area contributed by atoms with Crippen LogP contribution >= 0.6 is 23.2 Å². The molecule has 0 atom stereocenters. The Hall–Kier alpha value is -3.68. The number of rotatable bonds is 5. The van der Waals surface area contributed by atoms with Crippen molar-refractivity contribution in [2.75, 3.05) is 0 Å². The van der Waals surface area contributed by atoms with Crippen LogP contribution < -0.4 is 4.74 Å². The average Bonchev–Trinajstić information content (AvgIpc) is 2.77. The van der Waals surface area contributed by atoms with Gasteiger partial charge in [-0.15, -0.1) is 0 Å². The first kappa shape index (κ1) is 25.9. The first-order chi connectivity index (χ1) is 16.4. The molecule has 0 radical (unpaired) electrons. The number of halogens is 7. The highest BCUT2D eigenvalue weighted by molar-refractivity contribution is 6.32. The van der Waals surface area contributed by atoms with Gasteiger partial charge in [0.1, 0.15) is 11.6 Å². The molecule has 0 aliphatic carbocycles. The van der Waals surface area contributed by atoms with Crippen molar-refractivity contribution < 1.29 is 31.4 Å². The van der Waals surface area contributed by atoms with Gasteiger partial charge in [0.05, 0.1) is 34.2 Å². The molecule has 3 aromatic carbocycles. The molecule has 0 aromatic heterocycles. The van der Waals surface area contributed by atoms with Crippen molar-refractivity contribution in [1.29, 1.82) is 16.1 Å². The van der Waals surface area contributed by atoms with Crippen molar-refractivity contribution in [2.24, 2.45) is 0 Å². The van der Waals surface area contributed by atoms with Gasteiger partial charge in [-0.2, -0.15) is 18.4 Å². The monoisotopic (exact) mass is 527 g/mol. The molecule has 0 saturated carbocycles. The highest BCUT2D eigenvalue weighted by Gasteiger charge is 2.36. The summed E-state index contributed by atoms with van der Waals surface area (Å²) in [5.41, 5.74) is -2.71. The maximum absolute atomic E-state index is 15.1. The summed E-state index contributed by atoms with van der Waals surface area (Å²) >= 11 is 11.9. The van der Waals surface area contributed by atoms with E-state index in [0.29, 0.717) is 12.1 Å². The van der Waals surface area contributed by atoms with Crippen molar-refractivity contribution in [3.05, 3.63) is 92.5 Å². The molecule has 0 aliphatic heterocycles. The van der Waals surface area contributed by atoms with Gasteiger partial charge in [-0.3, -0.25) is 10.8 Å². The van der Waals surface area contributed by atoms with Crippen LogP contribution in [-0.2, 0) is 17.3 Å². The maximum atomic E-state index is 15.1. The van der Waals surface area contributed by atoms with Gasteiger partial charge in [0.15, 0.2) is 17.5 Å². The minimum Gasteiger partial charge on any atom is -0.453 e. The summed E-state index contributed by atoms with van der Waals surface area (Å²) in [5.74, 6) is -4.98. The zero-order valence-electron chi connectivity index (χ0n) is 17.2. The Balaban J connectivity index is 1.84. The predicted octanol–water partition coefficient (Wildman–Crippen LogP) is 7.52. The molecule has 0 saturated heterocycles. The second kappa shape index (κ2) is 10.3. The van der Waals surface area contributed by atoms with Gasteiger partial charge in [0, 0.05) is 10.6 Å². The van der Waals surface area contributed by atoms with E-state index in [1.807, 2.05) is 6.07 Å². The zero-order chi connectivity index (χ0) is 25.9. The fraction of sp³-hybridized carbons (Fsp3) is 0.0870. The second-order valence-corrected chi connectivity index (χ2v) is 7.77. The van der Waals surface area contributed by atoms with Crippen LogP contribution in [0.1, 0.15) is 22.3 Å². The third-order valence-corrected chi connectivity index (χ3v) is 4.99. The van der Waals surface area contributed by atoms with Crippen LogP contribution in [0.3, 0.4) is 0 Å². The van der Waals surface area contributed by atoms with E-state index in [1.165, 1.54) is 30.3 Å². The number of hydrogen-bond donors (Lipinski definition) is 2. The topological polar surface area (TPSA) is 89.9 Å². The first-order valence-electron chi connectivity index (χ1n) is 9.46. The van der Waals surface area contributed by atoms with E-state index in [2.05, 4.69) is 0 Å². The lowest BCUT2D eigenvalue weighted by atomic mass is 10.1. The Morgan fingerprint density at radius 3 is 2.40 bits per heavy atom. The number of nitriles is 1. The zero-order valence-corrected chi connectivity index (χ0v) is 18.7. The van der Waals surface area contributed by atoms with Crippen LogP contribution in [0.5, 0.6) is 11.5 Å². The smallest absolute Gasteiger partial charge is 0.417 e. The number of alkyl halides is 3. The molecule has 5 nitrogen and oxygen atoms in total.